The highest BCUT2D eigenvalue weighted by molar-refractivity contribution is 8.02. The van der Waals surface area contributed by atoms with Gasteiger partial charge in [0.05, 0.1) is 10.6 Å². The average molecular weight is 229 g/mol. The van der Waals surface area contributed by atoms with Gasteiger partial charge in [-0.1, -0.05) is 0 Å². The maximum Gasteiger partial charge on any atom is 0.335 e. The number of rotatable bonds is 5. The van der Waals surface area contributed by atoms with Crippen molar-refractivity contribution in [1.29, 1.82) is 0 Å². The van der Waals surface area contributed by atoms with Crippen molar-refractivity contribution in [3.63, 3.8) is 0 Å². The number of aromatic nitrogens is 1. The normalized spacial score (nSPS) is 10.1. The van der Waals surface area contributed by atoms with Crippen molar-refractivity contribution in [3.05, 3.63) is 23.9 Å². The second-order valence-electron chi connectivity index (χ2n) is 2.53. The molecule has 0 fully saturated rings. The lowest BCUT2D eigenvalue weighted by molar-refractivity contribution is 0.0696. The quantitative estimate of drug-likeness (QED) is 0.620. The summed E-state index contributed by atoms with van der Waals surface area (Å²) in [5.41, 5.74) is 0.298. The summed E-state index contributed by atoms with van der Waals surface area (Å²) in [5, 5.41) is 9.52. The monoisotopic (exact) mass is 229 g/mol. The zero-order valence-corrected chi connectivity index (χ0v) is 9.40. The highest BCUT2D eigenvalue weighted by Crippen LogP contribution is 2.17. The molecule has 1 aromatic heterocycles. The molecular weight excluding hydrogens is 218 g/mol. The summed E-state index contributed by atoms with van der Waals surface area (Å²) in [6.45, 7) is 0. The van der Waals surface area contributed by atoms with Crippen LogP contribution in [0.25, 0.3) is 0 Å². The first-order valence-corrected chi connectivity index (χ1v) is 6.43. The second kappa shape index (κ2) is 5.93. The number of nitrogens with zero attached hydrogens (tertiary/aromatic N) is 1. The molecule has 0 bridgehead atoms. The fourth-order valence-corrected chi connectivity index (χ4v) is 2.41. The highest BCUT2D eigenvalue weighted by Gasteiger charge is 2.03. The number of carboxylic acids is 1. The Labute approximate surface area is 91.3 Å². The highest BCUT2D eigenvalue weighted by atomic mass is 32.2. The number of pyridine rings is 1. The number of hydrogen-bond acceptors (Lipinski definition) is 4. The van der Waals surface area contributed by atoms with Crippen molar-refractivity contribution in [3.8, 4) is 0 Å². The maximum atomic E-state index is 10.6. The summed E-state index contributed by atoms with van der Waals surface area (Å²) in [6, 6.07) is 3.11. The van der Waals surface area contributed by atoms with Gasteiger partial charge in [-0.2, -0.15) is 11.8 Å². The Morgan fingerprint density at radius 1 is 1.57 bits per heavy atom. The molecule has 0 aliphatic heterocycles. The fourth-order valence-electron chi connectivity index (χ4n) is 0.851. The molecule has 0 saturated carbocycles. The van der Waals surface area contributed by atoms with Crippen molar-refractivity contribution in [2.24, 2.45) is 0 Å². The molecule has 0 spiro atoms. The minimum absolute atomic E-state index is 0.298. The Bertz CT molecular complexity index is 317. The molecule has 14 heavy (non-hydrogen) atoms. The van der Waals surface area contributed by atoms with E-state index in [1.54, 1.807) is 29.6 Å². The van der Waals surface area contributed by atoms with Crippen molar-refractivity contribution >= 4 is 29.5 Å². The zero-order chi connectivity index (χ0) is 10.4. The fraction of sp³-hybridized carbons (Fsp3) is 0.333. The van der Waals surface area contributed by atoms with Crippen LogP contribution in [0.4, 0.5) is 0 Å². The van der Waals surface area contributed by atoms with Crippen LogP contribution in [0.2, 0.25) is 0 Å². The van der Waals surface area contributed by atoms with Crippen LogP contribution in [0, 0.1) is 0 Å². The van der Waals surface area contributed by atoms with E-state index in [0.717, 1.165) is 16.5 Å². The van der Waals surface area contributed by atoms with Gasteiger partial charge in [0.1, 0.15) is 0 Å². The molecule has 5 heteroatoms. The van der Waals surface area contributed by atoms with E-state index < -0.39 is 5.97 Å². The Morgan fingerprint density at radius 2 is 2.36 bits per heavy atom. The minimum atomic E-state index is -0.904. The summed E-state index contributed by atoms with van der Waals surface area (Å²) in [7, 11) is 0. The number of thioether (sulfide) groups is 2. The summed E-state index contributed by atoms with van der Waals surface area (Å²) in [5.74, 6) is 1.10. The number of carbonyl (C=O) groups is 1. The lowest BCUT2D eigenvalue weighted by Gasteiger charge is -2.00. The van der Waals surface area contributed by atoms with Crippen LogP contribution >= 0.6 is 23.5 Å². The van der Waals surface area contributed by atoms with Crippen LogP contribution in [-0.4, -0.2) is 33.8 Å². The van der Waals surface area contributed by atoms with E-state index in [4.69, 9.17) is 5.11 Å². The average Bonchev–Trinajstić information content (AvgIpc) is 2.19. The Morgan fingerprint density at radius 3 is 3.00 bits per heavy atom. The van der Waals surface area contributed by atoms with Crippen LogP contribution < -0.4 is 0 Å². The van der Waals surface area contributed by atoms with E-state index in [-0.39, 0.29) is 0 Å². The van der Waals surface area contributed by atoms with Gasteiger partial charge in [0.2, 0.25) is 0 Å². The smallest absolute Gasteiger partial charge is 0.335 e. The molecule has 1 N–H and O–H groups in total. The zero-order valence-electron chi connectivity index (χ0n) is 7.77. The first kappa shape index (κ1) is 11.4. The van der Waals surface area contributed by atoms with Gasteiger partial charge in [-0.15, -0.1) is 11.8 Å². The van der Waals surface area contributed by atoms with Gasteiger partial charge >= 0.3 is 5.97 Å². The minimum Gasteiger partial charge on any atom is -0.478 e. The molecule has 1 aromatic rings. The Kier molecular flexibility index (Phi) is 4.82. The molecule has 0 amide bonds. The molecule has 0 saturated heterocycles. The van der Waals surface area contributed by atoms with E-state index in [2.05, 4.69) is 4.98 Å². The van der Waals surface area contributed by atoms with Crippen LogP contribution in [0.3, 0.4) is 0 Å². The van der Waals surface area contributed by atoms with Crippen molar-refractivity contribution in [2.75, 3.05) is 17.8 Å². The lowest BCUT2D eigenvalue weighted by atomic mass is 10.3. The molecule has 1 heterocycles. The SMILES string of the molecule is CSCCSc1cc(C(=O)O)ccn1. The number of aromatic carboxylic acids is 1. The van der Waals surface area contributed by atoms with E-state index in [9.17, 15) is 4.79 Å². The summed E-state index contributed by atoms with van der Waals surface area (Å²) < 4.78 is 0. The number of carboxylic acid groups (broad SMARTS) is 1. The molecular formula is C9H11NO2S2. The van der Waals surface area contributed by atoms with Gasteiger partial charge in [0.25, 0.3) is 0 Å². The standard InChI is InChI=1S/C9H11NO2S2/c1-13-4-5-14-8-6-7(9(11)12)2-3-10-8/h2-3,6H,4-5H2,1H3,(H,11,12). The summed E-state index contributed by atoms with van der Waals surface area (Å²) in [6.07, 6.45) is 3.58. The third kappa shape index (κ3) is 3.59. The van der Waals surface area contributed by atoms with Gasteiger partial charge in [0, 0.05) is 17.7 Å². The molecule has 0 aliphatic rings. The molecule has 76 valence electrons. The summed E-state index contributed by atoms with van der Waals surface area (Å²) in [4.78, 5) is 14.7. The molecule has 1 rings (SSSR count). The van der Waals surface area contributed by atoms with Gasteiger partial charge < -0.3 is 5.11 Å². The van der Waals surface area contributed by atoms with Gasteiger partial charge in [-0.05, 0) is 18.4 Å². The van der Waals surface area contributed by atoms with Crippen LogP contribution in [0.15, 0.2) is 23.4 Å². The third-order valence-corrected chi connectivity index (χ3v) is 3.32. The van der Waals surface area contributed by atoms with Crippen molar-refractivity contribution in [2.45, 2.75) is 5.03 Å². The van der Waals surface area contributed by atoms with E-state index in [1.165, 1.54) is 12.3 Å². The molecule has 0 unspecified atom stereocenters. The topological polar surface area (TPSA) is 50.2 Å². The van der Waals surface area contributed by atoms with E-state index >= 15 is 0 Å². The predicted octanol–water partition coefficient (Wildman–Crippen LogP) is 2.23. The molecule has 0 aliphatic carbocycles. The van der Waals surface area contributed by atoms with Gasteiger partial charge in [0.15, 0.2) is 0 Å². The van der Waals surface area contributed by atoms with Crippen molar-refractivity contribution in [1.82, 2.24) is 4.98 Å². The third-order valence-electron chi connectivity index (χ3n) is 1.52. The van der Waals surface area contributed by atoms with E-state index in [0.29, 0.717) is 5.56 Å². The maximum absolute atomic E-state index is 10.6. The van der Waals surface area contributed by atoms with Gasteiger partial charge in [-0.25, -0.2) is 9.78 Å². The predicted molar refractivity (Wildman–Crippen MR) is 60.3 cm³/mol. The van der Waals surface area contributed by atoms with Gasteiger partial charge in [-0.3, -0.25) is 0 Å². The first-order chi connectivity index (χ1) is 6.74. The molecule has 0 radical (unpaired) electrons. The summed E-state index contributed by atoms with van der Waals surface area (Å²) >= 11 is 3.35. The van der Waals surface area contributed by atoms with Crippen LogP contribution in [0.1, 0.15) is 10.4 Å². The Hall–Kier alpha value is -0.680. The van der Waals surface area contributed by atoms with Crippen LogP contribution in [0.5, 0.6) is 0 Å². The molecule has 3 nitrogen and oxygen atoms in total. The Balaban J connectivity index is 2.59. The number of hydrogen-bond donors (Lipinski definition) is 1. The molecule has 0 atom stereocenters. The second-order valence-corrected chi connectivity index (χ2v) is 4.63. The van der Waals surface area contributed by atoms with Crippen LogP contribution in [-0.2, 0) is 0 Å². The first-order valence-electron chi connectivity index (χ1n) is 4.05. The molecule has 0 aromatic carbocycles. The van der Waals surface area contributed by atoms with Crippen molar-refractivity contribution < 1.29 is 9.90 Å². The lowest BCUT2D eigenvalue weighted by Crippen LogP contribution is -1.97. The largest absolute Gasteiger partial charge is 0.478 e. The van der Waals surface area contributed by atoms with E-state index in [1.807, 2.05) is 6.26 Å².